The molecule has 1 aromatic heterocycles. The van der Waals surface area contributed by atoms with Crippen molar-refractivity contribution in [3.8, 4) is 0 Å². The number of aryl methyl sites for hydroxylation is 3. The lowest BCUT2D eigenvalue weighted by molar-refractivity contribution is 0.102. The molecular weight excluding hydrogens is 270 g/mol. The number of nitrogens with one attached hydrogen (secondary N) is 2. The van der Waals surface area contributed by atoms with Gasteiger partial charge >= 0.3 is 0 Å². The van der Waals surface area contributed by atoms with E-state index in [0.29, 0.717) is 10.7 Å². The molecule has 2 N–H and O–H groups in total. The van der Waals surface area contributed by atoms with Crippen LogP contribution in [0.3, 0.4) is 0 Å². The molecule has 2 aromatic rings. The molecule has 5 heteroatoms. The summed E-state index contributed by atoms with van der Waals surface area (Å²) in [7, 11) is 1.81. The largest absolute Gasteiger partial charge is 0.387 e. The van der Waals surface area contributed by atoms with Crippen molar-refractivity contribution in [3.63, 3.8) is 0 Å². The molecule has 0 aliphatic rings. The third kappa shape index (κ3) is 2.99. The summed E-state index contributed by atoms with van der Waals surface area (Å²) >= 11 is 1.52. The molecule has 4 nitrogen and oxygen atoms in total. The van der Waals surface area contributed by atoms with Crippen molar-refractivity contribution in [3.05, 3.63) is 39.9 Å². The number of nitrogens with zero attached hydrogens (tertiary/aromatic N) is 1. The highest BCUT2D eigenvalue weighted by Gasteiger charge is 2.14. The molecule has 106 valence electrons. The molecule has 0 aliphatic carbocycles. The van der Waals surface area contributed by atoms with E-state index in [0.717, 1.165) is 28.2 Å². The lowest BCUT2D eigenvalue weighted by atomic mass is 10.1. The lowest BCUT2D eigenvalue weighted by Crippen LogP contribution is -2.14. The van der Waals surface area contributed by atoms with Crippen molar-refractivity contribution in [2.24, 2.45) is 0 Å². The van der Waals surface area contributed by atoms with Gasteiger partial charge in [0.15, 0.2) is 5.13 Å². The van der Waals surface area contributed by atoms with Crippen molar-refractivity contribution in [2.45, 2.75) is 27.2 Å². The van der Waals surface area contributed by atoms with Gasteiger partial charge in [-0.2, -0.15) is 0 Å². The summed E-state index contributed by atoms with van der Waals surface area (Å²) in [6, 6.07) is 5.77. The Morgan fingerprint density at radius 1 is 1.35 bits per heavy atom. The number of hydrogen-bond donors (Lipinski definition) is 2. The molecule has 0 saturated heterocycles. The first-order chi connectivity index (χ1) is 9.55. The Labute approximate surface area is 123 Å². The van der Waals surface area contributed by atoms with Crippen LogP contribution in [-0.2, 0) is 6.42 Å². The Morgan fingerprint density at radius 3 is 2.70 bits per heavy atom. The molecule has 20 heavy (non-hydrogen) atoms. The molecule has 1 aromatic carbocycles. The Morgan fingerprint density at radius 2 is 2.10 bits per heavy atom. The molecule has 0 atom stereocenters. The fourth-order valence-corrected chi connectivity index (χ4v) is 2.94. The SMILES string of the molecule is CCc1nc(NC(=O)c2cc(C)ccc2NC)sc1C. The minimum Gasteiger partial charge on any atom is -0.387 e. The summed E-state index contributed by atoms with van der Waals surface area (Å²) in [5.41, 5.74) is 3.55. The minimum atomic E-state index is -0.130. The third-order valence-electron chi connectivity index (χ3n) is 3.14. The Kier molecular flexibility index (Phi) is 4.39. The fraction of sp³-hybridized carbons (Fsp3) is 0.333. The summed E-state index contributed by atoms with van der Waals surface area (Å²) in [6.45, 7) is 6.06. The number of carbonyl (C=O) groups is 1. The second kappa shape index (κ2) is 6.05. The van der Waals surface area contributed by atoms with Gasteiger partial charge in [-0.1, -0.05) is 18.6 Å². The number of aromatic nitrogens is 1. The number of rotatable bonds is 4. The van der Waals surface area contributed by atoms with Crippen LogP contribution in [0.2, 0.25) is 0 Å². The first kappa shape index (κ1) is 14.5. The van der Waals surface area contributed by atoms with E-state index < -0.39 is 0 Å². The maximum absolute atomic E-state index is 12.4. The van der Waals surface area contributed by atoms with Gasteiger partial charge in [0, 0.05) is 17.6 Å². The summed E-state index contributed by atoms with van der Waals surface area (Å²) in [4.78, 5) is 18.0. The van der Waals surface area contributed by atoms with Crippen molar-refractivity contribution in [2.75, 3.05) is 17.7 Å². The monoisotopic (exact) mass is 289 g/mol. The van der Waals surface area contributed by atoms with E-state index in [2.05, 4.69) is 22.5 Å². The predicted molar refractivity (Wildman–Crippen MR) is 84.9 cm³/mol. The van der Waals surface area contributed by atoms with Crippen LogP contribution >= 0.6 is 11.3 Å². The number of thiazole rings is 1. The van der Waals surface area contributed by atoms with Crippen LogP contribution in [0.4, 0.5) is 10.8 Å². The minimum absolute atomic E-state index is 0.130. The van der Waals surface area contributed by atoms with E-state index in [-0.39, 0.29) is 5.91 Å². The molecule has 0 bridgehead atoms. The van der Waals surface area contributed by atoms with Crippen LogP contribution in [0, 0.1) is 13.8 Å². The molecule has 0 aliphatic heterocycles. The second-order valence-electron chi connectivity index (χ2n) is 4.63. The quantitative estimate of drug-likeness (QED) is 0.904. The smallest absolute Gasteiger partial charge is 0.259 e. The van der Waals surface area contributed by atoms with Crippen LogP contribution in [0.15, 0.2) is 18.2 Å². The average molecular weight is 289 g/mol. The molecule has 2 rings (SSSR count). The zero-order valence-electron chi connectivity index (χ0n) is 12.2. The molecular formula is C15H19N3OS. The number of carbonyl (C=O) groups excluding carboxylic acids is 1. The highest BCUT2D eigenvalue weighted by atomic mass is 32.1. The van der Waals surface area contributed by atoms with Gasteiger partial charge in [0.1, 0.15) is 0 Å². The molecule has 1 amide bonds. The van der Waals surface area contributed by atoms with Crippen LogP contribution in [0.1, 0.15) is 33.4 Å². The van der Waals surface area contributed by atoms with Crippen LogP contribution in [0.5, 0.6) is 0 Å². The van der Waals surface area contributed by atoms with Crippen LogP contribution < -0.4 is 10.6 Å². The van der Waals surface area contributed by atoms with E-state index in [4.69, 9.17) is 0 Å². The molecule has 0 radical (unpaired) electrons. The zero-order valence-corrected chi connectivity index (χ0v) is 13.0. The van der Waals surface area contributed by atoms with Crippen LogP contribution in [0.25, 0.3) is 0 Å². The Balaban J connectivity index is 2.25. The van der Waals surface area contributed by atoms with Gasteiger partial charge < -0.3 is 5.32 Å². The summed E-state index contributed by atoms with van der Waals surface area (Å²) in [5.74, 6) is -0.130. The number of benzene rings is 1. The van der Waals surface area contributed by atoms with Gasteiger partial charge in [0.05, 0.1) is 11.3 Å². The Hall–Kier alpha value is -1.88. The summed E-state index contributed by atoms with van der Waals surface area (Å²) < 4.78 is 0. The third-order valence-corrected chi connectivity index (χ3v) is 4.07. The number of hydrogen-bond acceptors (Lipinski definition) is 4. The number of anilines is 2. The normalized spacial score (nSPS) is 10.4. The average Bonchev–Trinajstić information content (AvgIpc) is 2.78. The van der Waals surface area contributed by atoms with E-state index >= 15 is 0 Å². The number of amides is 1. The van der Waals surface area contributed by atoms with E-state index in [1.165, 1.54) is 11.3 Å². The highest BCUT2D eigenvalue weighted by Crippen LogP contribution is 2.24. The molecule has 1 heterocycles. The molecule has 0 saturated carbocycles. The van der Waals surface area contributed by atoms with E-state index in [1.807, 2.05) is 39.1 Å². The standard InChI is InChI=1S/C15H19N3OS/c1-5-12-10(3)20-15(17-12)18-14(19)11-8-9(2)6-7-13(11)16-4/h6-8,16H,5H2,1-4H3,(H,17,18,19). The molecule has 0 fully saturated rings. The van der Waals surface area contributed by atoms with E-state index in [9.17, 15) is 4.79 Å². The topological polar surface area (TPSA) is 54.0 Å². The molecule has 0 unspecified atom stereocenters. The van der Waals surface area contributed by atoms with Gasteiger partial charge in [-0.15, -0.1) is 11.3 Å². The fourth-order valence-electron chi connectivity index (χ4n) is 2.04. The maximum Gasteiger partial charge on any atom is 0.259 e. The Bertz CT molecular complexity index is 634. The molecule has 0 spiro atoms. The zero-order chi connectivity index (χ0) is 14.7. The van der Waals surface area contributed by atoms with Gasteiger partial charge in [0.25, 0.3) is 5.91 Å². The van der Waals surface area contributed by atoms with Crippen LogP contribution in [-0.4, -0.2) is 17.9 Å². The van der Waals surface area contributed by atoms with Crippen molar-refractivity contribution in [1.82, 2.24) is 4.98 Å². The summed E-state index contributed by atoms with van der Waals surface area (Å²) in [5, 5.41) is 6.58. The van der Waals surface area contributed by atoms with Crippen molar-refractivity contribution in [1.29, 1.82) is 0 Å². The first-order valence-electron chi connectivity index (χ1n) is 6.61. The van der Waals surface area contributed by atoms with Gasteiger partial charge in [-0.25, -0.2) is 4.98 Å². The van der Waals surface area contributed by atoms with Crippen molar-refractivity contribution >= 4 is 28.1 Å². The maximum atomic E-state index is 12.4. The second-order valence-corrected chi connectivity index (χ2v) is 5.83. The van der Waals surface area contributed by atoms with Gasteiger partial charge in [-0.05, 0) is 32.4 Å². The lowest BCUT2D eigenvalue weighted by Gasteiger charge is -2.09. The van der Waals surface area contributed by atoms with Gasteiger partial charge in [-0.3, -0.25) is 10.1 Å². The predicted octanol–water partition coefficient (Wildman–Crippen LogP) is 3.62. The first-order valence-corrected chi connectivity index (χ1v) is 7.42. The van der Waals surface area contributed by atoms with Crippen molar-refractivity contribution < 1.29 is 4.79 Å². The van der Waals surface area contributed by atoms with E-state index in [1.54, 1.807) is 0 Å². The highest BCUT2D eigenvalue weighted by molar-refractivity contribution is 7.15. The summed E-state index contributed by atoms with van der Waals surface area (Å²) in [6.07, 6.45) is 0.879. The van der Waals surface area contributed by atoms with Gasteiger partial charge in [0.2, 0.25) is 0 Å².